The van der Waals surface area contributed by atoms with Crippen molar-refractivity contribution < 1.29 is 0 Å². The van der Waals surface area contributed by atoms with Crippen molar-refractivity contribution in [3.8, 4) is 0 Å². The molecule has 1 heterocycles. The zero-order valence-electron chi connectivity index (χ0n) is 12.7. The molecule has 0 fully saturated rings. The summed E-state index contributed by atoms with van der Waals surface area (Å²) in [4.78, 5) is 6.89. The van der Waals surface area contributed by atoms with E-state index in [2.05, 4.69) is 42.8 Å². The zero-order valence-corrected chi connectivity index (χ0v) is 12.7. The quantitative estimate of drug-likeness (QED) is 0.778. The van der Waals surface area contributed by atoms with Crippen LogP contribution in [0.1, 0.15) is 51.9 Å². The maximum atomic E-state index is 5.72. The van der Waals surface area contributed by atoms with Crippen molar-refractivity contribution in [3.05, 3.63) is 11.4 Å². The minimum Gasteiger partial charge on any atom is -0.335 e. The average molecular weight is 265 g/mol. The van der Waals surface area contributed by atoms with Crippen molar-refractivity contribution in [2.75, 3.05) is 18.0 Å². The minimum absolute atomic E-state index is 0.433. The van der Waals surface area contributed by atoms with Gasteiger partial charge in [-0.1, -0.05) is 27.7 Å². The Morgan fingerprint density at radius 3 is 2.11 bits per heavy atom. The predicted molar refractivity (Wildman–Crippen MR) is 79.4 cm³/mol. The Hall–Kier alpha value is -1.23. The molecule has 0 aliphatic heterocycles. The first kappa shape index (κ1) is 15.8. The molecule has 19 heavy (non-hydrogen) atoms. The van der Waals surface area contributed by atoms with Gasteiger partial charge in [-0.2, -0.15) is 5.10 Å². The highest BCUT2D eigenvalue weighted by atomic mass is 15.3. The molecule has 0 aromatic carbocycles. The second-order valence-electron chi connectivity index (χ2n) is 4.66. The molecule has 1 aromatic heterocycles. The fourth-order valence-corrected chi connectivity index (χ4v) is 2.36. The van der Waals surface area contributed by atoms with E-state index in [0.717, 1.165) is 49.6 Å². The Labute approximate surface area is 116 Å². The molecular weight excluding hydrogens is 238 g/mol. The summed E-state index contributed by atoms with van der Waals surface area (Å²) in [7, 11) is 0. The molecule has 0 amide bonds. The van der Waals surface area contributed by atoms with Crippen molar-refractivity contribution in [3.63, 3.8) is 0 Å². The molecular formula is C14H27N5. The fourth-order valence-electron chi connectivity index (χ4n) is 2.36. The summed E-state index contributed by atoms with van der Waals surface area (Å²) in [5, 5.41) is 8.63. The topological polar surface area (TPSA) is 67.9 Å². The van der Waals surface area contributed by atoms with Crippen LogP contribution >= 0.6 is 0 Å². The molecule has 0 aliphatic carbocycles. The van der Waals surface area contributed by atoms with Gasteiger partial charge in [-0.3, -0.25) is 0 Å². The molecule has 108 valence electrons. The third-order valence-electron chi connectivity index (χ3n) is 3.51. The highest BCUT2D eigenvalue weighted by molar-refractivity contribution is 5.32. The lowest BCUT2D eigenvalue weighted by Crippen LogP contribution is -2.40. The van der Waals surface area contributed by atoms with Crippen molar-refractivity contribution in [1.29, 1.82) is 0 Å². The number of aryl methyl sites for hydroxylation is 2. The molecule has 5 nitrogen and oxygen atoms in total. The van der Waals surface area contributed by atoms with Gasteiger partial charge in [0.05, 0.1) is 11.4 Å². The van der Waals surface area contributed by atoms with Gasteiger partial charge in [0.15, 0.2) is 0 Å². The van der Waals surface area contributed by atoms with Crippen LogP contribution in [-0.4, -0.2) is 34.3 Å². The number of anilines is 1. The van der Waals surface area contributed by atoms with Gasteiger partial charge in [-0.25, -0.2) is 4.98 Å². The first-order valence-corrected chi connectivity index (χ1v) is 7.40. The summed E-state index contributed by atoms with van der Waals surface area (Å²) in [6.45, 7) is 9.96. The molecule has 1 rings (SSSR count). The van der Waals surface area contributed by atoms with E-state index in [9.17, 15) is 0 Å². The van der Waals surface area contributed by atoms with Gasteiger partial charge >= 0.3 is 0 Å². The second kappa shape index (κ2) is 8.04. The average Bonchev–Trinajstić information content (AvgIpc) is 2.46. The number of nitrogens with zero attached hydrogens (tertiary/aromatic N) is 4. The molecule has 0 saturated heterocycles. The molecule has 0 aliphatic rings. The number of hydrogen-bond acceptors (Lipinski definition) is 5. The lowest BCUT2D eigenvalue weighted by atomic mass is 10.1. The zero-order chi connectivity index (χ0) is 14.3. The number of rotatable bonds is 8. The maximum absolute atomic E-state index is 5.72. The van der Waals surface area contributed by atoms with Crippen LogP contribution in [0, 0.1) is 0 Å². The number of nitrogens with two attached hydrogens (primary N) is 1. The number of hydrogen-bond donors (Lipinski definition) is 1. The minimum atomic E-state index is 0.433. The summed E-state index contributed by atoms with van der Waals surface area (Å²) in [5.41, 5.74) is 7.78. The van der Waals surface area contributed by atoms with Crippen LogP contribution in [-0.2, 0) is 12.8 Å². The Bertz CT molecular complexity index is 376. The molecule has 0 bridgehead atoms. The first-order valence-electron chi connectivity index (χ1n) is 7.40. The highest BCUT2D eigenvalue weighted by Crippen LogP contribution is 2.17. The molecule has 0 unspecified atom stereocenters. The molecule has 0 spiro atoms. The van der Waals surface area contributed by atoms with E-state index < -0.39 is 0 Å². The molecule has 5 heteroatoms. The normalized spacial score (nSPS) is 11.1. The maximum Gasteiger partial charge on any atom is 0.245 e. The Kier molecular flexibility index (Phi) is 6.70. The van der Waals surface area contributed by atoms with Gasteiger partial charge in [0.25, 0.3) is 0 Å². The summed E-state index contributed by atoms with van der Waals surface area (Å²) in [6, 6.07) is 0.433. The van der Waals surface area contributed by atoms with Crippen molar-refractivity contribution in [2.45, 2.75) is 59.4 Å². The van der Waals surface area contributed by atoms with Crippen LogP contribution in [0.5, 0.6) is 0 Å². The summed E-state index contributed by atoms with van der Waals surface area (Å²) < 4.78 is 0. The first-order chi connectivity index (χ1) is 9.21. The van der Waals surface area contributed by atoms with Gasteiger partial charge in [0.1, 0.15) is 0 Å². The monoisotopic (exact) mass is 265 g/mol. The van der Waals surface area contributed by atoms with E-state index in [1.807, 2.05) is 0 Å². The molecule has 0 atom stereocenters. The fraction of sp³-hybridized carbons (Fsp3) is 0.786. The van der Waals surface area contributed by atoms with Crippen LogP contribution in [0.15, 0.2) is 0 Å². The van der Waals surface area contributed by atoms with Gasteiger partial charge < -0.3 is 10.6 Å². The second-order valence-corrected chi connectivity index (χ2v) is 4.66. The Morgan fingerprint density at radius 2 is 1.63 bits per heavy atom. The van der Waals surface area contributed by atoms with E-state index >= 15 is 0 Å². The lowest BCUT2D eigenvalue weighted by molar-refractivity contribution is 0.542. The van der Waals surface area contributed by atoms with E-state index in [4.69, 9.17) is 10.7 Å². The van der Waals surface area contributed by atoms with Crippen LogP contribution in [0.25, 0.3) is 0 Å². The van der Waals surface area contributed by atoms with Crippen LogP contribution < -0.4 is 10.6 Å². The van der Waals surface area contributed by atoms with Gasteiger partial charge in [0.2, 0.25) is 5.95 Å². The molecule has 1 aromatic rings. The van der Waals surface area contributed by atoms with Crippen molar-refractivity contribution in [2.24, 2.45) is 5.73 Å². The smallest absolute Gasteiger partial charge is 0.245 e. The summed E-state index contributed by atoms with van der Waals surface area (Å²) >= 11 is 0. The van der Waals surface area contributed by atoms with Crippen molar-refractivity contribution in [1.82, 2.24) is 15.2 Å². The van der Waals surface area contributed by atoms with Gasteiger partial charge in [-0.05, 0) is 25.7 Å². The van der Waals surface area contributed by atoms with E-state index in [0.29, 0.717) is 12.6 Å². The highest BCUT2D eigenvalue weighted by Gasteiger charge is 2.19. The van der Waals surface area contributed by atoms with Crippen LogP contribution in [0.2, 0.25) is 0 Å². The van der Waals surface area contributed by atoms with Crippen molar-refractivity contribution >= 4 is 5.95 Å². The molecule has 0 radical (unpaired) electrons. The number of aromatic nitrogens is 3. The standard InChI is InChI=1S/C14H27N5/c1-5-11(6-2)19(10-9-15)14-16-12(7-3)13(8-4)17-18-14/h11H,5-10,15H2,1-4H3. The van der Waals surface area contributed by atoms with Gasteiger partial charge in [0, 0.05) is 19.1 Å². The predicted octanol–water partition coefficient (Wildman–Crippen LogP) is 1.95. The lowest BCUT2D eigenvalue weighted by Gasteiger charge is -2.30. The third kappa shape index (κ3) is 3.86. The van der Waals surface area contributed by atoms with E-state index in [1.54, 1.807) is 0 Å². The Balaban J connectivity index is 3.08. The summed E-state index contributed by atoms with van der Waals surface area (Å²) in [5.74, 6) is 0.730. The summed E-state index contributed by atoms with van der Waals surface area (Å²) in [6.07, 6.45) is 3.91. The molecule has 2 N–H and O–H groups in total. The largest absolute Gasteiger partial charge is 0.335 e. The van der Waals surface area contributed by atoms with E-state index in [1.165, 1.54) is 0 Å². The van der Waals surface area contributed by atoms with Crippen LogP contribution in [0.4, 0.5) is 5.95 Å². The third-order valence-corrected chi connectivity index (χ3v) is 3.51. The van der Waals surface area contributed by atoms with Gasteiger partial charge in [-0.15, -0.1) is 5.10 Å². The molecule has 0 saturated carbocycles. The van der Waals surface area contributed by atoms with Crippen LogP contribution in [0.3, 0.4) is 0 Å². The Morgan fingerprint density at radius 1 is 1.00 bits per heavy atom. The SMILES string of the molecule is CCc1nnc(N(CCN)C(CC)CC)nc1CC. The van der Waals surface area contributed by atoms with E-state index in [-0.39, 0.29) is 0 Å².